The van der Waals surface area contributed by atoms with Crippen LogP contribution in [0.1, 0.15) is 25.0 Å². The van der Waals surface area contributed by atoms with Crippen LogP contribution < -0.4 is 20.1 Å². The van der Waals surface area contributed by atoms with Gasteiger partial charge in [0.05, 0.1) is 32.0 Å². The largest absolute Gasteiger partial charge is 0.493 e. The van der Waals surface area contributed by atoms with E-state index in [1.165, 1.54) is 16.8 Å². The number of carbonyl (C=O) groups is 2. The Morgan fingerprint density at radius 2 is 2.00 bits per heavy atom. The van der Waals surface area contributed by atoms with Gasteiger partial charge in [-0.3, -0.25) is 14.5 Å². The maximum atomic E-state index is 12.6. The van der Waals surface area contributed by atoms with Crippen molar-refractivity contribution >= 4 is 34.3 Å². The zero-order valence-corrected chi connectivity index (χ0v) is 21.6. The monoisotopic (exact) mass is 510 g/mol. The highest BCUT2D eigenvalue weighted by molar-refractivity contribution is 8.14. The average Bonchev–Trinajstić information content (AvgIpc) is 2.86. The minimum Gasteiger partial charge on any atom is -0.493 e. The van der Waals surface area contributed by atoms with Crippen molar-refractivity contribution in [3.63, 3.8) is 0 Å². The van der Waals surface area contributed by atoms with E-state index < -0.39 is 0 Å². The Morgan fingerprint density at radius 3 is 2.69 bits per heavy atom. The third-order valence-electron chi connectivity index (χ3n) is 5.63. The number of benzene rings is 2. The van der Waals surface area contributed by atoms with Gasteiger partial charge in [0.1, 0.15) is 0 Å². The summed E-state index contributed by atoms with van der Waals surface area (Å²) in [6.45, 7) is 9.07. The van der Waals surface area contributed by atoms with E-state index in [-0.39, 0.29) is 17.3 Å². The topological polar surface area (TPSA) is 95.5 Å². The first kappa shape index (κ1) is 26.0. The molecule has 2 aromatic rings. The second-order valence-electron chi connectivity index (χ2n) is 8.79. The highest BCUT2D eigenvalue weighted by atomic mass is 32.2. The Bertz CT molecular complexity index is 1100. The van der Waals surface area contributed by atoms with Gasteiger partial charge in [-0.15, -0.1) is 0 Å². The van der Waals surface area contributed by atoms with Crippen LogP contribution in [0, 0.1) is 6.54 Å². The first-order valence-electron chi connectivity index (χ1n) is 11.9. The fourth-order valence-corrected chi connectivity index (χ4v) is 4.61. The first-order chi connectivity index (χ1) is 17.4. The third-order valence-corrected chi connectivity index (χ3v) is 6.51. The normalized spacial score (nSPS) is 16.6. The third kappa shape index (κ3) is 6.99. The van der Waals surface area contributed by atoms with Gasteiger partial charge in [0, 0.05) is 43.2 Å². The van der Waals surface area contributed by atoms with Gasteiger partial charge >= 0.3 is 5.24 Å². The van der Waals surface area contributed by atoms with E-state index in [2.05, 4.69) is 15.7 Å². The molecule has 36 heavy (non-hydrogen) atoms. The number of methoxy groups -OCH3 is 1. The number of nitrogens with one attached hydrogen (secondary N) is 2. The molecule has 1 fully saturated rings. The molecule has 0 spiro atoms. The van der Waals surface area contributed by atoms with E-state index in [1.54, 1.807) is 7.11 Å². The van der Waals surface area contributed by atoms with Gasteiger partial charge in [-0.05, 0) is 49.7 Å². The lowest BCUT2D eigenvalue weighted by molar-refractivity contribution is -0.117. The van der Waals surface area contributed by atoms with E-state index in [0.29, 0.717) is 30.3 Å². The van der Waals surface area contributed by atoms with E-state index in [9.17, 15) is 9.59 Å². The summed E-state index contributed by atoms with van der Waals surface area (Å²) in [7, 11) is 1.61. The molecule has 2 aromatic carbocycles. The van der Waals surface area contributed by atoms with Gasteiger partial charge in [-0.2, -0.15) is 5.10 Å². The molecule has 2 aliphatic heterocycles. The fraction of sp³-hybridized carbons (Fsp3) is 0.385. The molecule has 1 radical (unpaired) electrons. The quantitative estimate of drug-likeness (QED) is 0.533. The molecule has 1 saturated heterocycles. The SMILES string of the molecule is COc1ccc(C2=NN(Cc3ccc(NC(=O)CN4[CH]CNCC4)cc3)C(=O)SC2)cc1OC(C)C. The van der Waals surface area contributed by atoms with Crippen molar-refractivity contribution < 1.29 is 19.1 Å². The van der Waals surface area contributed by atoms with Crippen molar-refractivity contribution in [3.8, 4) is 11.5 Å². The summed E-state index contributed by atoms with van der Waals surface area (Å²) in [6.07, 6.45) is 0.00283. The van der Waals surface area contributed by atoms with Crippen molar-refractivity contribution in [3.05, 3.63) is 60.1 Å². The van der Waals surface area contributed by atoms with Gasteiger partial charge in [-0.25, -0.2) is 5.01 Å². The highest BCUT2D eigenvalue weighted by Gasteiger charge is 2.23. The summed E-state index contributed by atoms with van der Waals surface area (Å²) < 4.78 is 11.3. The van der Waals surface area contributed by atoms with Crippen molar-refractivity contribution in [2.75, 3.05) is 44.4 Å². The predicted octanol–water partition coefficient (Wildman–Crippen LogP) is 3.56. The summed E-state index contributed by atoms with van der Waals surface area (Å²) in [5, 5.41) is 12.2. The number of ether oxygens (including phenoxy) is 2. The number of anilines is 1. The van der Waals surface area contributed by atoms with Crippen LogP contribution in [-0.2, 0) is 11.3 Å². The first-order valence-corrected chi connectivity index (χ1v) is 12.9. The minimum atomic E-state index is -0.101. The molecule has 0 aliphatic carbocycles. The molecule has 0 bridgehead atoms. The molecule has 0 saturated carbocycles. The number of carbonyl (C=O) groups excluding carboxylic acids is 2. The van der Waals surface area contributed by atoms with Crippen molar-refractivity contribution in [2.45, 2.75) is 26.5 Å². The summed E-state index contributed by atoms with van der Waals surface area (Å²) in [5.74, 6) is 1.73. The molecule has 2 N–H and O–H groups in total. The summed E-state index contributed by atoms with van der Waals surface area (Å²) in [5.41, 5.74) is 3.32. The van der Waals surface area contributed by atoms with Crippen molar-refractivity contribution in [1.29, 1.82) is 0 Å². The van der Waals surface area contributed by atoms with E-state index in [0.717, 1.165) is 42.2 Å². The molecule has 0 unspecified atom stereocenters. The Kier molecular flexibility index (Phi) is 8.84. The van der Waals surface area contributed by atoms with Gasteiger partial charge in [0.2, 0.25) is 5.91 Å². The molecule has 191 valence electrons. The van der Waals surface area contributed by atoms with Crippen LogP contribution in [0.4, 0.5) is 10.5 Å². The standard InChI is InChI=1S/C26H32N5O4S/c1-18(2)35-24-14-20(6-9-23(24)34-3)22-17-36-26(33)31(29-22)15-19-4-7-21(8-5-19)28-25(32)16-30-12-10-27-11-13-30/h4-9,12,14,18,27H,10-11,13,15-17H2,1-3H3,(H,28,32). The second kappa shape index (κ2) is 12.2. The molecule has 2 heterocycles. The van der Waals surface area contributed by atoms with Crippen LogP contribution in [-0.4, -0.2) is 71.9 Å². The predicted molar refractivity (Wildman–Crippen MR) is 143 cm³/mol. The smallest absolute Gasteiger partial charge is 0.302 e. The van der Waals surface area contributed by atoms with E-state index in [4.69, 9.17) is 9.47 Å². The number of rotatable bonds is 9. The lowest BCUT2D eigenvalue weighted by Gasteiger charge is -2.25. The number of hydrogen-bond donors (Lipinski definition) is 2. The van der Waals surface area contributed by atoms with E-state index in [1.807, 2.05) is 67.8 Å². The Labute approximate surface area is 216 Å². The highest BCUT2D eigenvalue weighted by Crippen LogP contribution is 2.31. The minimum absolute atomic E-state index is 0.00283. The second-order valence-corrected chi connectivity index (χ2v) is 9.72. The van der Waals surface area contributed by atoms with Gasteiger partial charge in [-0.1, -0.05) is 23.9 Å². The summed E-state index contributed by atoms with van der Waals surface area (Å²) >= 11 is 1.22. The van der Waals surface area contributed by atoms with E-state index >= 15 is 0 Å². The maximum absolute atomic E-state index is 12.6. The summed E-state index contributed by atoms with van der Waals surface area (Å²) in [4.78, 5) is 26.9. The number of thioether (sulfide) groups is 1. The van der Waals surface area contributed by atoms with Crippen molar-refractivity contribution in [1.82, 2.24) is 15.2 Å². The van der Waals surface area contributed by atoms with Crippen molar-refractivity contribution in [2.24, 2.45) is 5.10 Å². The van der Waals surface area contributed by atoms with Gasteiger partial charge < -0.3 is 20.1 Å². The lowest BCUT2D eigenvalue weighted by atomic mass is 10.1. The molecular formula is C26H32N5O4S. The Balaban J connectivity index is 1.40. The molecule has 2 aliphatic rings. The molecule has 2 amide bonds. The molecule has 10 heteroatoms. The van der Waals surface area contributed by atoms with Gasteiger partial charge in [0.25, 0.3) is 0 Å². The number of hydrogen-bond acceptors (Lipinski definition) is 8. The molecule has 0 aromatic heterocycles. The molecule has 4 rings (SSSR count). The van der Waals surface area contributed by atoms with Crippen LogP contribution >= 0.6 is 11.8 Å². The molecular weight excluding hydrogens is 478 g/mol. The van der Waals surface area contributed by atoms with Crippen LogP contribution in [0.3, 0.4) is 0 Å². The van der Waals surface area contributed by atoms with Crippen LogP contribution in [0.2, 0.25) is 0 Å². The maximum Gasteiger partial charge on any atom is 0.302 e. The average molecular weight is 511 g/mol. The Morgan fingerprint density at radius 1 is 1.19 bits per heavy atom. The number of hydrazone groups is 1. The van der Waals surface area contributed by atoms with Crippen LogP contribution in [0.15, 0.2) is 47.6 Å². The molecule has 9 nitrogen and oxygen atoms in total. The number of nitrogens with zero attached hydrogens (tertiary/aromatic N) is 3. The number of piperazine rings is 1. The Hall–Kier alpha value is -3.08. The zero-order valence-electron chi connectivity index (χ0n) is 20.8. The van der Waals surface area contributed by atoms with Gasteiger partial charge in [0.15, 0.2) is 11.5 Å². The van der Waals surface area contributed by atoms with Crippen LogP contribution in [0.25, 0.3) is 0 Å². The zero-order chi connectivity index (χ0) is 25.5. The fourth-order valence-electron chi connectivity index (χ4n) is 3.87. The number of amides is 2. The lowest BCUT2D eigenvalue weighted by Crippen LogP contribution is -2.43. The molecule has 0 atom stereocenters. The van der Waals surface area contributed by atoms with Crippen LogP contribution in [0.5, 0.6) is 11.5 Å². The summed E-state index contributed by atoms with van der Waals surface area (Å²) in [6, 6.07) is 13.2.